The second kappa shape index (κ2) is 4.90. The van der Waals surface area contributed by atoms with Crippen LogP contribution in [0.25, 0.3) is 21.7 Å². The third kappa shape index (κ3) is 1.73. The van der Waals surface area contributed by atoms with Gasteiger partial charge in [0.25, 0.3) is 0 Å². The summed E-state index contributed by atoms with van der Waals surface area (Å²) in [5.41, 5.74) is 3.47. The van der Waals surface area contributed by atoms with E-state index in [1.54, 1.807) is 12.4 Å². The third-order valence-corrected chi connectivity index (χ3v) is 4.39. The number of rotatable bonds is 1. The molecule has 1 aliphatic rings. The molecule has 0 aliphatic carbocycles. The SMILES string of the molecule is C#Cc1cnc2c(c1)-c1nnsc1-c1cccnc1N2CC. The van der Waals surface area contributed by atoms with Crippen molar-refractivity contribution in [2.24, 2.45) is 0 Å². The number of anilines is 2. The van der Waals surface area contributed by atoms with Crippen LogP contribution in [0.2, 0.25) is 0 Å². The molecule has 0 aromatic carbocycles. The number of aromatic nitrogens is 4. The maximum absolute atomic E-state index is 5.52. The zero-order valence-electron chi connectivity index (χ0n) is 11.8. The Morgan fingerprint density at radius 3 is 2.95 bits per heavy atom. The van der Waals surface area contributed by atoms with E-state index in [2.05, 4.69) is 37.3 Å². The minimum atomic E-state index is 0.729. The van der Waals surface area contributed by atoms with Crippen LogP contribution in [-0.2, 0) is 0 Å². The Balaban J connectivity index is 2.12. The van der Waals surface area contributed by atoms with Crippen LogP contribution < -0.4 is 4.90 Å². The molecule has 4 rings (SSSR count). The second-order valence-electron chi connectivity index (χ2n) is 4.81. The van der Waals surface area contributed by atoms with Gasteiger partial charge < -0.3 is 4.90 Å². The Labute approximate surface area is 131 Å². The Hall–Kier alpha value is -2.78. The third-order valence-electron chi connectivity index (χ3n) is 3.64. The fraction of sp³-hybridized carbons (Fsp3) is 0.125. The molecule has 4 heterocycles. The highest BCUT2D eigenvalue weighted by Crippen LogP contribution is 2.46. The van der Waals surface area contributed by atoms with E-state index in [1.807, 2.05) is 18.2 Å². The number of terminal acetylenes is 1. The van der Waals surface area contributed by atoms with Gasteiger partial charge in [-0.3, -0.25) is 0 Å². The molecule has 0 fully saturated rings. The molecule has 0 saturated carbocycles. The van der Waals surface area contributed by atoms with Crippen molar-refractivity contribution in [2.75, 3.05) is 11.4 Å². The fourth-order valence-corrected chi connectivity index (χ4v) is 3.36. The smallest absolute Gasteiger partial charge is 0.143 e. The van der Waals surface area contributed by atoms with Gasteiger partial charge in [0.2, 0.25) is 0 Å². The lowest BCUT2D eigenvalue weighted by Gasteiger charge is -2.22. The summed E-state index contributed by atoms with van der Waals surface area (Å²) >= 11 is 1.36. The van der Waals surface area contributed by atoms with Gasteiger partial charge in [0, 0.05) is 35.6 Å². The fourth-order valence-electron chi connectivity index (χ4n) is 2.66. The van der Waals surface area contributed by atoms with Crippen molar-refractivity contribution in [2.45, 2.75) is 6.92 Å². The summed E-state index contributed by atoms with van der Waals surface area (Å²) in [4.78, 5) is 12.2. The van der Waals surface area contributed by atoms with Crippen LogP contribution in [0.3, 0.4) is 0 Å². The quantitative estimate of drug-likeness (QED) is 0.647. The Morgan fingerprint density at radius 2 is 2.14 bits per heavy atom. The summed E-state index contributed by atoms with van der Waals surface area (Å²) in [6.45, 7) is 2.83. The van der Waals surface area contributed by atoms with Crippen LogP contribution in [0.15, 0.2) is 30.6 Å². The highest BCUT2D eigenvalue weighted by atomic mass is 32.1. The van der Waals surface area contributed by atoms with E-state index in [0.717, 1.165) is 45.4 Å². The van der Waals surface area contributed by atoms with E-state index < -0.39 is 0 Å². The van der Waals surface area contributed by atoms with E-state index in [9.17, 15) is 0 Å². The molecule has 106 valence electrons. The first-order valence-corrected chi connectivity index (χ1v) is 7.63. The topological polar surface area (TPSA) is 54.8 Å². The zero-order valence-corrected chi connectivity index (χ0v) is 12.6. The van der Waals surface area contributed by atoms with Crippen molar-refractivity contribution in [3.05, 3.63) is 36.2 Å². The molecule has 1 aliphatic heterocycles. The number of hydrogen-bond acceptors (Lipinski definition) is 6. The lowest BCUT2D eigenvalue weighted by atomic mass is 10.1. The van der Waals surface area contributed by atoms with Crippen molar-refractivity contribution in [1.29, 1.82) is 0 Å². The molecule has 0 unspecified atom stereocenters. The first kappa shape index (κ1) is 12.9. The predicted molar refractivity (Wildman–Crippen MR) is 87.0 cm³/mol. The molecular formula is C16H11N5S. The largest absolute Gasteiger partial charge is 0.310 e. The lowest BCUT2D eigenvalue weighted by molar-refractivity contribution is 0.965. The van der Waals surface area contributed by atoms with Gasteiger partial charge in [-0.2, -0.15) is 0 Å². The Morgan fingerprint density at radius 1 is 1.27 bits per heavy atom. The standard InChI is InChI=1S/C16H11N5S/c1-3-10-8-12-13-14(22-20-19-13)11-6-5-7-17-15(11)21(4-2)16(12)18-9-10/h1,5-9H,4H2,2H3. The van der Waals surface area contributed by atoms with Gasteiger partial charge in [0.1, 0.15) is 17.3 Å². The molecule has 22 heavy (non-hydrogen) atoms. The summed E-state index contributed by atoms with van der Waals surface area (Å²) in [5, 5.41) is 4.31. The van der Waals surface area contributed by atoms with Gasteiger partial charge in [0.05, 0.1) is 4.88 Å². The minimum Gasteiger partial charge on any atom is -0.310 e. The maximum Gasteiger partial charge on any atom is 0.143 e. The van der Waals surface area contributed by atoms with Crippen molar-refractivity contribution in [1.82, 2.24) is 19.6 Å². The molecule has 0 spiro atoms. The van der Waals surface area contributed by atoms with E-state index >= 15 is 0 Å². The Bertz CT molecular complexity index is 909. The molecule has 0 saturated heterocycles. The van der Waals surface area contributed by atoms with Crippen LogP contribution >= 0.6 is 11.5 Å². The first-order valence-electron chi connectivity index (χ1n) is 6.85. The molecular weight excluding hydrogens is 294 g/mol. The molecule has 5 nitrogen and oxygen atoms in total. The molecule has 0 N–H and O–H groups in total. The highest BCUT2D eigenvalue weighted by Gasteiger charge is 2.28. The summed E-state index contributed by atoms with van der Waals surface area (Å²) in [7, 11) is 0. The van der Waals surface area contributed by atoms with Crippen LogP contribution in [0.5, 0.6) is 0 Å². The summed E-state index contributed by atoms with van der Waals surface area (Å²) in [6.07, 6.45) is 9.01. The molecule has 0 radical (unpaired) electrons. The minimum absolute atomic E-state index is 0.729. The predicted octanol–water partition coefficient (Wildman–Crippen LogP) is 3.11. The molecule has 3 aromatic rings. The summed E-state index contributed by atoms with van der Waals surface area (Å²) in [5.74, 6) is 4.32. The number of hydrogen-bond donors (Lipinski definition) is 0. The second-order valence-corrected chi connectivity index (χ2v) is 5.56. The van der Waals surface area contributed by atoms with Gasteiger partial charge in [-0.05, 0) is 36.7 Å². The molecule has 3 aromatic heterocycles. The number of nitrogens with zero attached hydrogens (tertiary/aromatic N) is 5. The Kier molecular flexibility index (Phi) is 2.88. The monoisotopic (exact) mass is 305 g/mol. The molecule has 0 bridgehead atoms. The van der Waals surface area contributed by atoms with Crippen molar-refractivity contribution < 1.29 is 0 Å². The average molecular weight is 305 g/mol. The first-order chi connectivity index (χ1) is 10.8. The molecule has 0 amide bonds. The van der Waals surface area contributed by atoms with Gasteiger partial charge in [0.15, 0.2) is 0 Å². The van der Waals surface area contributed by atoms with E-state index in [-0.39, 0.29) is 0 Å². The van der Waals surface area contributed by atoms with Crippen LogP contribution in [-0.4, -0.2) is 26.1 Å². The number of fused-ring (bicyclic) bond motifs is 5. The van der Waals surface area contributed by atoms with Crippen molar-refractivity contribution >= 4 is 23.2 Å². The van der Waals surface area contributed by atoms with Gasteiger partial charge in [-0.15, -0.1) is 11.5 Å². The van der Waals surface area contributed by atoms with Gasteiger partial charge in [-0.1, -0.05) is 10.4 Å². The van der Waals surface area contributed by atoms with Crippen molar-refractivity contribution in [3.63, 3.8) is 0 Å². The average Bonchev–Trinajstić information content (AvgIpc) is 3.02. The van der Waals surface area contributed by atoms with Crippen molar-refractivity contribution in [3.8, 4) is 34.0 Å². The van der Waals surface area contributed by atoms with Crippen LogP contribution in [0.1, 0.15) is 12.5 Å². The maximum atomic E-state index is 5.52. The normalized spacial score (nSPS) is 11.9. The summed E-state index contributed by atoms with van der Waals surface area (Å²) in [6, 6.07) is 5.90. The zero-order chi connectivity index (χ0) is 15.1. The highest BCUT2D eigenvalue weighted by molar-refractivity contribution is 7.10. The molecule has 6 heteroatoms. The van der Waals surface area contributed by atoms with Crippen LogP contribution in [0, 0.1) is 12.3 Å². The van der Waals surface area contributed by atoms with Gasteiger partial charge >= 0.3 is 0 Å². The van der Waals surface area contributed by atoms with E-state index in [0.29, 0.717) is 0 Å². The van der Waals surface area contributed by atoms with Crippen LogP contribution in [0.4, 0.5) is 11.6 Å². The number of pyridine rings is 2. The van der Waals surface area contributed by atoms with E-state index in [1.165, 1.54) is 11.5 Å². The van der Waals surface area contributed by atoms with E-state index in [4.69, 9.17) is 6.42 Å². The lowest BCUT2D eigenvalue weighted by Crippen LogP contribution is -2.19. The van der Waals surface area contributed by atoms with Gasteiger partial charge in [-0.25, -0.2) is 9.97 Å². The molecule has 0 atom stereocenters. The summed E-state index contributed by atoms with van der Waals surface area (Å²) < 4.78 is 4.12.